The number of hydrogen-bond donors (Lipinski definition) is 0. The molecule has 5 nitrogen and oxygen atoms in total. The number of halogens is 1. The lowest BCUT2D eigenvalue weighted by molar-refractivity contribution is -0.147. The number of hydrogen-bond acceptors (Lipinski definition) is 4. The Hall–Kier alpha value is -1.69. The standard InChI is InChI=1S/C13H14BrN3O2/c1-2-19-13(18)12(17-8-7-15-16-17)9-10-3-5-11(14)6-4-10/h3-8,12H,2,9H2,1H3. The van der Waals surface area contributed by atoms with Crippen molar-refractivity contribution in [3.05, 3.63) is 46.7 Å². The lowest BCUT2D eigenvalue weighted by Crippen LogP contribution is -2.24. The number of rotatable bonds is 5. The summed E-state index contributed by atoms with van der Waals surface area (Å²) in [5, 5.41) is 7.63. The number of benzene rings is 1. The van der Waals surface area contributed by atoms with Crippen LogP contribution in [0.2, 0.25) is 0 Å². The fourth-order valence-corrected chi connectivity index (χ4v) is 2.01. The van der Waals surface area contributed by atoms with Gasteiger partial charge in [-0.1, -0.05) is 33.3 Å². The van der Waals surface area contributed by atoms with Crippen molar-refractivity contribution < 1.29 is 9.53 Å². The van der Waals surface area contributed by atoms with Crippen LogP contribution in [0.1, 0.15) is 18.5 Å². The van der Waals surface area contributed by atoms with E-state index in [0.717, 1.165) is 10.0 Å². The average Bonchev–Trinajstić information content (AvgIpc) is 2.92. The molecule has 0 saturated heterocycles. The fraction of sp³-hybridized carbons (Fsp3) is 0.308. The lowest BCUT2D eigenvalue weighted by atomic mass is 10.1. The van der Waals surface area contributed by atoms with Crippen LogP contribution in [0, 0.1) is 0 Å². The van der Waals surface area contributed by atoms with Crippen molar-refractivity contribution >= 4 is 21.9 Å². The summed E-state index contributed by atoms with van der Waals surface area (Å²) in [6.07, 6.45) is 3.74. The zero-order valence-corrected chi connectivity index (χ0v) is 12.1. The quantitative estimate of drug-likeness (QED) is 0.793. The van der Waals surface area contributed by atoms with E-state index in [1.807, 2.05) is 24.3 Å². The van der Waals surface area contributed by atoms with E-state index in [2.05, 4.69) is 26.2 Å². The van der Waals surface area contributed by atoms with Crippen LogP contribution in [0.15, 0.2) is 41.1 Å². The molecule has 1 unspecified atom stereocenters. The first kappa shape index (κ1) is 13.7. The molecule has 0 fully saturated rings. The number of ether oxygens (including phenoxy) is 1. The molecule has 0 spiro atoms. The number of aromatic nitrogens is 3. The third kappa shape index (κ3) is 3.64. The first-order chi connectivity index (χ1) is 9.20. The number of esters is 1. The monoisotopic (exact) mass is 323 g/mol. The van der Waals surface area contributed by atoms with Crippen molar-refractivity contribution in [1.82, 2.24) is 15.0 Å². The van der Waals surface area contributed by atoms with Crippen molar-refractivity contribution in [3.63, 3.8) is 0 Å². The molecule has 2 rings (SSSR count). The Morgan fingerprint density at radius 2 is 2.16 bits per heavy atom. The maximum atomic E-state index is 12.0. The van der Waals surface area contributed by atoms with Gasteiger partial charge in [-0.25, -0.2) is 9.48 Å². The molecule has 0 radical (unpaired) electrons. The molecule has 19 heavy (non-hydrogen) atoms. The van der Waals surface area contributed by atoms with Crippen LogP contribution >= 0.6 is 15.9 Å². The third-order valence-electron chi connectivity index (χ3n) is 2.66. The second-order valence-corrected chi connectivity index (χ2v) is 4.90. The Kier molecular flexibility index (Phi) is 4.68. The lowest BCUT2D eigenvalue weighted by Gasteiger charge is -2.15. The van der Waals surface area contributed by atoms with Gasteiger partial charge >= 0.3 is 5.97 Å². The molecular formula is C13H14BrN3O2. The molecule has 6 heteroatoms. The van der Waals surface area contributed by atoms with E-state index in [4.69, 9.17) is 4.74 Å². The molecule has 0 aliphatic carbocycles. The fourth-order valence-electron chi connectivity index (χ4n) is 1.75. The Morgan fingerprint density at radius 3 is 2.74 bits per heavy atom. The first-order valence-corrected chi connectivity index (χ1v) is 6.77. The molecular weight excluding hydrogens is 310 g/mol. The van der Waals surface area contributed by atoms with Crippen LogP contribution in [0.5, 0.6) is 0 Å². The topological polar surface area (TPSA) is 57.0 Å². The minimum absolute atomic E-state index is 0.295. The second kappa shape index (κ2) is 6.47. The van der Waals surface area contributed by atoms with Gasteiger partial charge in [0.1, 0.15) is 0 Å². The normalized spacial score (nSPS) is 12.1. The van der Waals surface area contributed by atoms with Gasteiger partial charge in [0.15, 0.2) is 6.04 Å². The van der Waals surface area contributed by atoms with E-state index in [1.54, 1.807) is 19.3 Å². The van der Waals surface area contributed by atoms with Gasteiger partial charge in [-0.05, 0) is 24.6 Å². The van der Waals surface area contributed by atoms with Gasteiger partial charge < -0.3 is 4.74 Å². The number of nitrogens with zero attached hydrogens (tertiary/aromatic N) is 3. The molecule has 1 aromatic carbocycles. The van der Waals surface area contributed by atoms with Gasteiger partial charge in [0.25, 0.3) is 0 Å². The molecule has 1 aromatic heterocycles. The summed E-state index contributed by atoms with van der Waals surface area (Å²) < 4.78 is 7.62. The minimum Gasteiger partial charge on any atom is -0.464 e. The van der Waals surface area contributed by atoms with Crippen molar-refractivity contribution in [3.8, 4) is 0 Å². The SMILES string of the molecule is CCOC(=O)C(Cc1ccc(Br)cc1)n1ccnn1. The minimum atomic E-state index is -0.483. The molecule has 1 atom stereocenters. The molecule has 0 aliphatic heterocycles. The third-order valence-corrected chi connectivity index (χ3v) is 3.19. The average molecular weight is 324 g/mol. The number of carbonyl (C=O) groups is 1. The van der Waals surface area contributed by atoms with E-state index in [1.165, 1.54) is 4.68 Å². The molecule has 0 N–H and O–H groups in total. The van der Waals surface area contributed by atoms with Crippen molar-refractivity contribution in [2.45, 2.75) is 19.4 Å². The molecule has 0 bridgehead atoms. The van der Waals surface area contributed by atoms with Gasteiger partial charge in [0.2, 0.25) is 0 Å². The highest BCUT2D eigenvalue weighted by atomic mass is 79.9. The Balaban J connectivity index is 2.18. The van der Waals surface area contributed by atoms with Crippen molar-refractivity contribution in [2.24, 2.45) is 0 Å². The highest BCUT2D eigenvalue weighted by Gasteiger charge is 2.22. The molecule has 0 saturated carbocycles. The first-order valence-electron chi connectivity index (χ1n) is 5.97. The highest BCUT2D eigenvalue weighted by Crippen LogP contribution is 2.17. The van der Waals surface area contributed by atoms with Crippen LogP contribution in [0.4, 0.5) is 0 Å². The highest BCUT2D eigenvalue weighted by molar-refractivity contribution is 9.10. The number of carbonyl (C=O) groups excluding carboxylic acids is 1. The Morgan fingerprint density at radius 1 is 1.42 bits per heavy atom. The summed E-state index contributed by atoms with van der Waals surface area (Å²) in [6.45, 7) is 2.14. The molecule has 2 aromatic rings. The molecule has 1 heterocycles. The van der Waals surface area contributed by atoms with Crippen LogP contribution in [0.25, 0.3) is 0 Å². The van der Waals surface area contributed by atoms with E-state index in [-0.39, 0.29) is 5.97 Å². The summed E-state index contributed by atoms with van der Waals surface area (Å²) in [6, 6.07) is 7.33. The van der Waals surface area contributed by atoms with Crippen molar-refractivity contribution in [1.29, 1.82) is 0 Å². The van der Waals surface area contributed by atoms with E-state index in [0.29, 0.717) is 13.0 Å². The van der Waals surface area contributed by atoms with E-state index < -0.39 is 6.04 Å². The summed E-state index contributed by atoms with van der Waals surface area (Å²) in [4.78, 5) is 12.0. The van der Waals surface area contributed by atoms with Crippen LogP contribution in [-0.2, 0) is 16.0 Å². The van der Waals surface area contributed by atoms with E-state index in [9.17, 15) is 4.79 Å². The zero-order chi connectivity index (χ0) is 13.7. The Bertz CT molecular complexity index is 525. The molecule has 0 aliphatic rings. The summed E-state index contributed by atoms with van der Waals surface area (Å²) in [7, 11) is 0. The van der Waals surface area contributed by atoms with Crippen molar-refractivity contribution in [2.75, 3.05) is 6.61 Å². The van der Waals surface area contributed by atoms with Gasteiger partial charge in [-0.3, -0.25) is 0 Å². The predicted octanol–water partition coefficient (Wildman–Crippen LogP) is 2.39. The Labute approximate surface area is 119 Å². The molecule has 0 amide bonds. The smallest absolute Gasteiger partial charge is 0.331 e. The zero-order valence-electron chi connectivity index (χ0n) is 10.5. The second-order valence-electron chi connectivity index (χ2n) is 3.98. The van der Waals surface area contributed by atoms with Gasteiger partial charge in [-0.15, -0.1) is 5.10 Å². The van der Waals surface area contributed by atoms with Gasteiger partial charge in [0.05, 0.1) is 12.8 Å². The van der Waals surface area contributed by atoms with E-state index >= 15 is 0 Å². The summed E-state index contributed by atoms with van der Waals surface area (Å²) in [5.74, 6) is -0.295. The maximum Gasteiger partial charge on any atom is 0.331 e. The van der Waals surface area contributed by atoms with Crippen LogP contribution < -0.4 is 0 Å². The maximum absolute atomic E-state index is 12.0. The van der Waals surface area contributed by atoms with Crippen LogP contribution in [-0.4, -0.2) is 27.6 Å². The van der Waals surface area contributed by atoms with Crippen LogP contribution in [0.3, 0.4) is 0 Å². The summed E-state index contributed by atoms with van der Waals surface area (Å²) in [5.41, 5.74) is 1.04. The molecule has 100 valence electrons. The largest absolute Gasteiger partial charge is 0.464 e. The van der Waals surface area contributed by atoms with Gasteiger partial charge in [0, 0.05) is 17.1 Å². The summed E-state index contributed by atoms with van der Waals surface area (Å²) >= 11 is 3.39. The van der Waals surface area contributed by atoms with Gasteiger partial charge in [-0.2, -0.15) is 0 Å². The predicted molar refractivity (Wildman–Crippen MR) is 73.5 cm³/mol.